The van der Waals surface area contributed by atoms with Crippen LogP contribution in [0.1, 0.15) is 12.0 Å². The molecule has 1 aliphatic heterocycles. The molecule has 0 saturated carbocycles. The maximum Gasteiger partial charge on any atom is 0.258 e. The number of anilines is 2. The number of nitrogens with zero attached hydrogens (tertiary/aromatic N) is 6. The van der Waals surface area contributed by atoms with Gasteiger partial charge in [0.25, 0.3) is 5.91 Å². The van der Waals surface area contributed by atoms with Gasteiger partial charge in [0, 0.05) is 51.1 Å². The minimum Gasteiger partial charge on any atom is -0.443 e. The van der Waals surface area contributed by atoms with Crippen molar-refractivity contribution in [3.63, 3.8) is 0 Å². The first-order chi connectivity index (χ1) is 15.4. The lowest BCUT2D eigenvalue weighted by molar-refractivity contribution is -0.143. The number of likely N-dealkylation sites (N-methyl/N-ethyl adjacent to an activating group) is 1. The van der Waals surface area contributed by atoms with Crippen molar-refractivity contribution in [3.8, 4) is 22.8 Å². The van der Waals surface area contributed by atoms with Crippen LogP contribution in [0.25, 0.3) is 22.8 Å². The zero-order chi connectivity index (χ0) is 22.3. The maximum atomic E-state index is 12.4. The van der Waals surface area contributed by atoms with Gasteiger partial charge in [0.15, 0.2) is 11.4 Å². The van der Waals surface area contributed by atoms with Gasteiger partial charge in [0.2, 0.25) is 11.8 Å². The Bertz CT molecular complexity index is 1300. The van der Waals surface area contributed by atoms with Crippen LogP contribution in [0.5, 0.6) is 0 Å². The van der Waals surface area contributed by atoms with Crippen LogP contribution in [0, 0.1) is 0 Å². The normalized spacial score (nSPS) is 18.3. The number of rotatable bonds is 5. The van der Waals surface area contributed by atoms with E-state index in [1.807, 2.05) is 25.4 Å². The predicted molar refractivity (Wildman–Crippen MR) is 116 cm³/mol. The second-order valence-electron chi connectivity index (χ2n) is 7.72. The predicted octanol–water partition coefficient (Wildman–Crippen LogP) is 2.33. The third-order valence-electron chi connectivity index (χ3n) is 5.48. The summed E-state index contributed by atoms with van der Waals surface area (Å²) >= 11 is 0. The lowest BCUT2D eigenvalue weighted by Crippen LogP contribution is -2.36. The molecule has 162 valence electrons. The Morgan fingerprint density at radius 3 is 2.78 bits per heavy atom. The number of aryl methyl sites for hydroxylation is 1. The molecule has 1 atom stereocenters. The van der Waals surface area contributed by atoms with Crippen molar-refractivity contribution < 1.29 is 14.3 Å². The van der Waals surface area contributed by atoms with Gasteiger partial charge in [0.1, 0.15) is 17.7 Å². The van der Waals surface area contributed by atoms with Crippen LogP contribution < -0.4 is 5.32 Å². The summed E-state index contributed by atoms with van der Waals surface area (Å²) in [6.07, 6.45) is 5.29. The molecule has 10 heteroatoms. The van der Waals surface area contributed by atoms with Gasteiger partial charge in [-0.3, -0.25) is 9.48 Å². The van der Waals surface area contributed by atoms with E-state index < -0.39 is 5.60 Å². The molecule has 0 radical (unpaired) electrons. The highest BCUT2D eigenvalue weighted by atomic mass is 16.3. The van der Waals surface area contributed by atoms with Crippen LogP contribution in [0.2, 0.25) is 0 Å². The average Bonchev–Trinajstić information content (AvgIpc) is 3.52. The largest absolute Gasteiger partial charge is 0.443 e. The molecule has 0 spiro atoms. The molecule has 2 N–H and O–H groups in total. The molecule has 0 aliphatic carbocycles. The van der Waals surface area contributed by atoms with Crippen molar-refractivity contribution in [1.82, 2.24) is 29.6 Å². The summed E-state index contributed by atoms with van der Waals surface area (Å²) in [7, 11) is 3.51. The number of aromatic nitrogens is 5. The fourth-order valence-corrected chi connectivity index (χ4v) is 3.72. The molecule has 1 unspecified atom stereocenters. The second-order valence-corrected chi connectivity index (χ2v) is 7.72. The van der Waals surface area contributed by atoms with Crippen molar-refractivity contribution in [2.45, 2.75) is 12.0 Å². The Labute approximate surface area is 183 Å². The first-order valence-electron chi connectivity index (χ1n) is 10.1. The van der Waals surface area contributed by atoms with Gasteiger partial charge in [-0.25, -0.2) is 15.0 Å². The molecular weight excluding hydrogens is 410 g/mol. The summed E-state index contributed by atoms with van der Waals surface area (Å²) in [5.74, 6) is 1.02. The van der Waals surface area contributed by atoms with E-state index in [0.29, 0.717) is 47.6 Å². The number of aliphatic hydroxyl groups is 1. The number of hydrogen-bond donors (Lipinski definition) is 2. The number of carbonyl (C=O) groups is 1. The van der Waals surface area contributed by atoms with Crippen LogP contribution in [-0.4, -0.2) is 54.2 Å². The highest BCUT2D eigenvalue weighted by Crippen LogP contribution is 2.35. The molecular formula is C22H21N7O3. The van der Waals surface area contributed by atoms with Gasteiger partial charge in [-0.15, -0.1) is 0 Å². The summed E-state index contributed by atoms with van der Waals surface area (Å²) in [6.45, 7) is 0.510. The molecule has 4 aromatic rings. The molecule has 32 heavy (non-hydrogen) atoms. The lowest BCUT2D eigenvalue weighted by atomic mass is 9.90. The highest BCUT2D eigenvalue weighted by Gasteiger charge is 2.45. The molecule has 1 fully saturated rings. The summed E-state index contributed by atoms with van der Waals surface area (Å²) in [5.41, 5.74) is 0.830. The van der Waals surface area contributed by atoms with E-state index >= 15 is 0 Å². The molecule has 3 aromatic heterocycles. The number of benzene rings is 1. The van der Waals surface area contributed by atoms with Crippen molar-refractivity contribution in [1.29, 1.82) is 0 Å². The van der Waals surface area contributed by atoms with Crippen molar-refractivity contribution in [2.75, 3.05) is 18.9 Å². The quantitative estimate of drug-likeness (QED) is 0.494. The molecule has 1 amide bonds. The van der Waals surface area contributed by atoms with Crippen LogP contribution in [0.3, 0.4) is 0 Å². The number of amides is 1. The van der Waals surface area contributed by atoms with Crippen molar-refractivity contribution in [3.05, 3.63) is 60.6 Å². The van der Waals surface area contributed by atoms with Gasteiger partial charge >= 0.3 is 0 Å². The Kier molecular flexibility index (Phi) is 4.71. The van der Waals surface area contributed by atoms with E-state index in [1.54, 1.807) is 42.2 Å². The van der Waals surface area contributed by atoms with E-state index in [9.17, 15) is 9.90 Å². The van der Waals surface area contributed by atoms with Gasteiger partial charge < -0.3 is 19.7 Å². The third-order valence-corrected chi connectivity index (χ3v) is 5.48. The number of nitrogens with one attached hydrogen (secondary N) is 1. The van der Waals surface area contributed by atoms with Gasteiger partial charge in [-0.1, -0.05) is 18.2 Å². The first kappa shape index (κ1) is 19.9. The van der Waals surface area contributed by atoms with E-state index in [-0.39, 0.29) is 5.91 Å². The molecule has 0 bridgehead atoms. The molecule has 1 aliphatic rings. The lowest BCUT2D eigenvalue weighted by Gasteiger charge is -2.21. The summed E-state index contributed by atoms with van der Waals surface area (Å²) < 4.78 is 7.33. The number of carbonyl (C=O) groups excluding carboxylic acids is 1. The Morgan fingerprint density at radius 1 is 1.16 bits per heavy atom. The Morgan fingerprint density at radius 2 is 2.03 bits per heavy atom. The SMILES string of the molecule is CN1CCC(O)(c2cccc(-c3coc(-c4ccnc(Nc5ccn(C)n5)n4)n3)c2)C1=O. The maximum absolute atomic E-state index is 12.4. The Hall–Kier alpha value is -4.05. The van der Waals surface area contributed by atoms with Crippen LogP contribution in [0.15, 0.2) is 59.5 Å². The summed E-state index contributed by atoms with van der Waals surface area (Å²) in [6, 6.07) is 10.7. The minimum atomic E-state index is -1.52. The highest BCUT2D eigenvalue weighted by molar-refractivity contribution is 5.88. The van der Waals surface area contributed by atoms with Gasteiger partial charge in [-0.05, 0) is 17.7 Å². The molecule has 1 aromatic carbocycles. The second kappa shape index (κ2) is 7.57. The number of likely N-dealkylation sites (tertiary alicyclic amines) is 1. The zero-order valence-electron chi connectivity index (χ0n) is 17.6. The molecule has 1 saturated heterocycles. The van der Waals surface area contributed by atoms with Crippen molar-refractivity contribution in [2.24, 2.45) is 7.05 Å². The third kappa shape index (κ3) is 3.50. The van der Waals surface area contributed by atoms with Crippen LogP contribution >= 0.6 is 0 Å². The van der Waals surface area contributed by atoms with E-state index in [0.717, 1.165) is 5.56 Å². The topological polar surface area (TPSA) is 122 Å². The van der Waals surface area contributed by atoms with Crippen LogP contribution in [0.4, 0.5) is 11.8 Å². The van der Waals surface area contributed by atoms with E-state index in [4.69, 9.17) is 4.42 Å². The number of oxazole rings is 1. The standard InChI is InChI=1S/C22H21N7O3/c1-28-11-8-22(31,20(28)30)15-5-3-4-14(12-15)17-13-32-19(24-17)16-6-9-23-21(25-16)26-18-7-10-29(2)27-18/h3-7,9-10,12-13,31H,8,11H2,1-2H3,(H,23,25,26,27). The molecule has 4 heterocycles. The smallest absolute Gasteiger partial charge is 0.258 e. The zero-order valence-corrected chi connectivity index (χ0v) is 17.6. The fourth-order valence-electron chi connectivity index (χ4n) is 3.72. The minimum absolute atomic E-state index is 0.301. The van der Waals surface area contributed by atoms with Crippen molar-refractivity contribution >= 4 is 17.7 Å². The molecule has 10 nitrogen and oxygen atoms in total. The number of hydrogen-bond acceptors (Lipinski definition) is 8. The average molecular weight is 431 g/mol. The fraction of sp³-hybridized carbons (Fsp3) is 0.227. The monoisotopic (exact) mass is 431 g/mol. The summed E-state index contributed by atoms with van der Waals surface area (Å²) in [5, 5.41) is 18.2. The molecule has 5 rings (SSSR count). The summed E-state index contributed by atoms with van der Waals surface area (Å²) in [4.78, 5) is 27.2. The van der Waals surface area contributed by atoms with Crippen LogP contribution in [-0.2, 0) is 17.4 Å². The van der Waals surface area contributed by atoms with Gasteiger partial charge in [0.05, 0.1) is 0 Å². The van der Waals surface area contributed by atoms with E-state index in [1.165, 1.54) is 11.2 Å². The van der Waals surface area contributed by atoms with Gasteiger partial charge in [-0.2, -0.15) is 5.10 Å². The first-order valence-corrected chi connectivity index (χ1v) is 10.1. The van der Waals surface area contributed by atoms with E-state index in [2.05, 4.69) is 25.4 Å². The Balaban J connectivity index is 1.41.